The molecule has 0 aromatic carbocycles. The highest BCUT2D eigenvalue weighted by Gasteiger charge is 2.08. The van der Waals surface area contributed by atoms with Gasteiger partial charge in [0.1, 0.15) is 18.6 Å². The Morgan fingerprint density at radius 3 is 3.06 bits per heavy atom. The number of aliphatic hydroxyl groups excluding tert-OH is 1. The molecule has 0 fully saturated rings. The summed E-state index contributed by atoms with van der Waals surface area (Å²) in [6, 6.07) is 1.17. The van der Waals surface area contributed by atoms with E-state index in [1.165, 1.54) is 18.4 Å². The van der Waals surface area contributed by atoms with Gasteiger partial charge in [0.05, 0.1) is 6.26 Å². The lowest BCUT2D eigenvalue weighted by atomic mass is 10.4. The summed E-state index contributed by atoms with van der Waals surface area (Å²) in [5.41, 5.74) is -0.374. The van der Waals surface area contributed by atoms with Crippen molar-refractivity contribution in [1.29, 1.82) is 0 Å². The van der Waals surface area contributed by atoms with E-state index in [0.29, 0.717) is 0 Å². The SMILES string of the molecule is O=c1cc(CO)occ1OC1=NPOC=C1. The van der Waals surface area contributed by atoms with Gasteiger partial charge in [0, 0.05) is 12.1 Å². The molecule has 1 atom stereocenters. The van der Waals surface area contributed by atoms with Gasteiger partial charge >= 0.3 is 0 Å². The van der Waals surface area contributed by atoms with Crippen LogP contribution in [0.15, 0.2) is 38.6 Å². The summed E-state index contributed by atoms with van der Waals surface area (Å²) in [6.45, 7) is -0.328. The molecule has 0 spiro atoms. The van der Waals surface area contributed by atoms with Crippen molar-refractivity contribution in [2.75, 3.05) is 0 Å². The number of nitrogens with zero attached hydrogens (tertiary/aromatic N) is 1. The van der Waals surface area contributed by atoms with Crippen LogP contribution in [0.5, 0.6) is 5.75 Å². The number of rotatable bonds is 2. The molecular formula is C9H8NO5P. The van der Waals surface area contributed by atoms with Crippen molar-refractivity contribution in [2.45, 2.75) is 6.61 Å². The molecule has 1 aliphatic heterocycles. The predicted molar refractivity (Wildman–Crippen MR) is 57.5 cm³/mol. The Bertz CT molecular complexity index is 493. The number of ether oxygens (including phenoxy) is 1. The molecule has 16 heavy (non-hydrogen) atoms. The van der Waals surface area contributed by atoms with Crippen LogP contribution < -0.4 is 10.2 Å². The highest BCUT2D eigenvalue weighted by Crippen LogP contribution is 2.19. The smallest absolute Gasteiger partial charge is 0.227 e. The maximum Gasteiger partial charge on any atom is 0.227 e. The standard InChI is InChI=1S/C9H8NO5P/c11-4-6-3-7(12)8(5-13-6)15-9-1-2-14-16-10-9/h1-3,5,11,16H,4H2. The van der Waals surface area contributed by atoms with Crippen molar-refractivity contribution in [3.8, 4) is 5.75 Å². The van der Waals surface area contributed by atoms with Gasteiger partial charge in [-0.25, -0.2) is 0 Å². The Morgan fingerprint density at radius 1 is 1.56 bits per heavy atom. The molecule has 0 radical (unpaired) electrons. The highest BCUT2D eigenvalue weighted by molar-refractivity contribution is 7.31. The second-order valence-corrected chi connectivity index (χ2v) is 3.44. The fraction of sp³-hybridized carbons (Fsp3) is 0.111. The highest BCUT2D eigenvalue weighted by atomic mass is 31.1. The minimum Gasteiger partial charge on any atom is -0.463 e. The van der Waals surface area contributed by atoms with E-state index in [2.05, 4.69) is 4.76 Å². The van der Waals surface area contributed by atoms with Crippen LogP contribution in [0.4, 0.5) is 0 Å². The van der Waals surface area contributed by atoms with Crippen LogP contribution in [0.2, 0.25) is 0 Å². The van der Waals surface area contributed by atoms with Gasteiger partial charge < -0.3 is 18.8 Å². The third-order valence-corrected chi connectivity index (χ3v) is 2.26. The summed E-state index contributed by atoms with van der Waals surface area (Å²) in [7, 11) is -0.0683. The minimum absolute atomic E-state index is 0.0206. The molecule has 1 aliphatic rings. The van der Waals surface area contributed by atoms with E-state index in [9.17, 15) is 4.79 Å². The average molecular weight is 241 g/mol. The monoisotopic (exact) mass is 241 g/mol. The van der Waals surface area contributed by atoms with Crippen LogP contribution in [0, 0.1) is 0 Å². The molecule has 1 aromatic heterocycles. The van der Waals surface area contributed by atoms with Crippen LogP contribution in [0.3, 0.4) is 0 Å². The molecule has 2 rings (SSSR count). The van der Waals surface area contributed by atoms with E-state index in [0.717, 1.165) is 6.26 Å². The molecule has 0 amide bonds. The molecule has 6 nitrogen and oxygen atoms in total. The molecular weight excluding hydrogens is 233 g/mol. The Kier molecular flexibility index (Phi) is 3.34. The van der Waals surface area contributed by atoms with Crippen molar-refractivity contribution in [1.82, 2.24) is 0 Å². The van der Waals surface area contributed by atoms with Gasteiger partial charge in [0.15, 0.2) is 8.96 Å². The first kappa shape index (κ1) is 10.9. The summed E-state index contributed by atoms with van der Waals surface area (Å²) in [5.74, 6) is 0.490. The van der Waals surface area contributed by atoms with Crippen molar-refractivity contribution in [3.05, 3.63) is 40.7 Å². The van der Waals surface area contributed by atoms with Crippen LogP contribution in [0.25, 0.3) is 0 Å². The van der Waals surface area contributed by atoms with Gasteiger partial charge in [0.2, 0.25) is 17.1 Å². The summed E-state index contributed by atoms with van der Waals surface area (Å²) in [4.78, 5) is 11.5. The van der Waals surface area contributed by atoms with Gasteiger partial charge in [-0.2, -0.15) is 4.76 Å². The topological polar surface area (TPSA) is 81.3 Å². The molecule has 1 aromatic rings. The molecule has 2 heterocycles. The summed E-state index contributed by atoms with van der Waals surface area (Å²) >= 11 is 0. The van der Waals surface area contributed by atoms with Gasteiger partial charge in [-0.05, 0) is 0 Å². The average Bonchev–Trinajstić information content (AvgIpc) is 2.33. The molecule has 0 bridgehead atoms. The zero-order valence-corrected chi connectivity index (χ0v) is 9.04. The maximum absolute atomic E-state index is 11.5. The Morgan fingerprint density at radius 2 is 2.44 bits per heavy atom. The lowest BCUT2D eigenvalue weighted by molar-refractivity contribution is 0.242. The first-order valence-corrected chi connectivity index (χ1v) is 5.20. The van der Waals surface area contributed by atoms with Crippen LogP contribution in [-0.2, 0) is 11.1 Å². The van der Waals surface area contributed by atoms with E-state index in [-0.39, 0.29) is 38.4 Å². The molecule has 7 heteroatoms. The third-order valence-electron chi connectivity index (χ3n) is 1.71. The van der Waals surface area contributed by atoms with E-state index >= 15 is 0 Å². The molecule has 0 aliphatic carbocycles. The predicted octanol–water partition coefficient (Wildman–Crippen LogP) is 0.962. The Hall–Kier alpha value is -1.65. The lowest BCUT2D eigenvalue weighted by Gasteiger charge is -2.07. The van der Waals surface area contributed by atoms with E-state index in [1.807, 2.05) is 0 Å². The number of hydrogen-bond donors (Lipinski definition) is 1. The second kappa shape index (κ2) is 4.92. The molecule has 84 valence electrons. The Labute approximate surface area is 92.1 Å². The van der Waals surface area contributed by atoms with Crippen LogP contribution in [-0.4, -0.2) is 11.0 Å². The third kappa shape index (κ3) is 2.48. The maximum atomic E-state index is 11.5. The second-order valence-electron chi connectivity index (χ2n) is 2.80. The van der Waals surface area contributed by atoms with Gasteiger partial charge in [-0.1, -0.05) is 0 Å². The lowest BCUT2D eigenvalue weighted by Crippen LogP contribution is -2.13. The number of aliphatic hydroxyl groups is 1. The van der Waals surface area contributed by atoms with Crippen molar-refractivity contribution < 1.29 is 18.8 Å². The van der Waals surface area contributed by atoms with E-state index in [4.69, 9.17) is 18.8 Å². The zero-order valence-electron chi connectivity index (χ0n) is 8.04. The van der Waals surface area contributed by atoms with Crippen molar-refractivity contribution in [3.63, 3.8) is 0 Å². The summed E-state index contributed by atoms with van der Waals surface area (Å²) in [6.07, 6.45) is 4.07. The molecule has 0 saturated heterocycles. The largest absolute Gasteiger partial charge is 0.463 e. The van der Waals surface area contributed by atoms with Crippen molar-refractivity contribution in [2.24, 2.45) is 4.76 Å². The summed E-state index contributed by atoms with van der Waals surface area (Å²) < 4.78 is 18.9. The number of hydrogen-bond acceptors (Lipinski definition) is 6. The first-order chi connectivity index (χ1) is 7.79. The van der Waals surface area contributed by atoms with Gasteiger partial charge in [-0.3, -0.25) is 4.79 Å². The summed E-state index contributed by atoms with van der Waals surface area (Å²) in [5, 5.41) is 8.75. The Balaban J connectivity index is 2.19. The fourth-order valence-corrected chi connectivity index (χ4v) is 1.39. The normalized spacial score (nSPS) is 15.7. The zero-order chi connectivity index (χ0) is 11.4. The van der Waals surface area contributed by atoms with Crippen molar-refractivity contribution >= 4 is 14.9 Å². The minimum atomic E-state index is -0.374. The van der Waals surface area contributed by atoms with E-state index in [1.54, 1.807) is 0 Å². The quantitative estimate of drug-likeness (QED) is 0.780. The van der Waals surface area contributed by atoms with E-state index < -0.39 is 0 Å². The first-order valence-electron chi connectivity index (χ1n) is 4.35. The molecule has 1 unspecified atom stereocenters. The molecule has 1 N–H and O–H groups in total. The van der Waals surface area contributed by atoms with Crippen LogP contribution in [0.1, 0.15) is 5.76 Å². The molecule has 0 saturated carbocycles. The van der Waals surface area contributed by atoms with Gasteiger partial charge in [0.25, 0.3) is 0 Å². The van der Waals surface area contributed by atoms with Crippen LogP contribution >= 0.6 is 8.96 Å². The van der Waals surface area contributed by atoms with Gasteiger partial charge in [-0.15, -0.1) is 0 Å². The fourth-order valence-electron chi connectivity index (χ4n) is 0.997.